The Morgan fingerprint density at radius 2 is 2.05 bits per heavy atom. The minimum absolute atomic E-state index is 0.285. The van der Waals surface area contributed by atoms with E-state index in [4.69, 9.17) is 5.11 Å². The Morgan fingerprint density at radius 1 is 1.32 bits per heavy atom. The molecule has 1 atom stereocenters. The Morgan fingerprint density at radius 3 is 2.68 bits per heavy atom. The highest BCUT2D eigenvalue weighted by Gasteiger charge is 2.12. The summed E-state index contributed by atoms with van der Waals surface area (Å²) >= 11 is 0. The van der Waals surface area contributed by atoms with E-state index in [1.807, 2.05) is 6.07 Å². The van der Waals surface area contributed by atoms with Gasteiger partial charge in [0, 0.05) is 6.04 Å². The fourth-order valence-corrected chi connectivity index (χ4v) is 2.23. The number of fused-ring (bicyclic) bond motifs is 1. The minimum Gasteiger partial charge on any atom is -0.478 e. The van der Waals surface area contributed by atoms with E-state index in [1.165, 1.54) is 6.42 Å². The van der Waals surface area contributed by atoms with Crippen molar-refractivity contribution >= 4 is 17.0 Å². The van der Waals surface area contributed by atoms with Crippen LogP contribution in [0.4, 0.5) is 0 Å². The average molecular weight is 260 g/mol. The van der Waals surface area contributed by atoms with Gasteiger partial charge < -0.3 is 9.67 Å². The molecular formula is C15H20N2O2. The van der Waals surface area contributed by atoms with Crippen molar-refractivity contribution < 1.29 is 9.90 Å². The first kappa shape index (κ1) is 13.6. The quantitative estimate of drug-likeness (QED) is 0.891. The van der Waals surface area contributed by atoms with E-state index in [9.17, 15) is 4.79 Å². The third-order valence-corrected chi connectivity index (χ3v) is 3.46. The smallest absolute Gasteiger partial charge is 0.335 e. The molecule has 0 fully saturated rings. The van der Waals surface area contributed by atoms with E-state index in [1.54, 1.807) is 18.5 Å². The van der Waals surface area contributed by atoms with Crippen molar-refractivity contribution in [3.05, 3.63) is 30.1 Å². The van der Waals surface area contributed by atoms with Crippen molar-refractivity contribution in [3.8, 4) is 0 Å². The molecular weight excluding hydrogens is 240 g/mol. The number of carbonyl (C=O) groups is 1. The molecule has 0 aliphatic heterocycles. The van der Waals surface area contributed by atoms with Crippen LogP contribution in [0.3, 0.4) is 0 Å². The lowest BCUT2D eigenvalue weighted by atomic mass is 10.0. The number of benzene rings is 1. The lowest BCUT2D eigenvalue weighted by Crippen LogP contribution is -2.05. The van der Waals surface area contributed by atoms with Gasteiger partial charge in [0.15, 0.2) is 0 Å². The highest BCUT2D eigenvalue weighted by molar-refractivity contribution is 5.92. The van der Waals surface area contributed by atoms with Crippen LogP contribution < -0.4 is 0 Å². The maximum absolute atomic E-state index is 10.9. The number of aromatic carboxylic acids is 1. The summed E-state index contributed by atoms with van der Waals surface area (Å²) in [5.74, 6) is -0.222. The topological polar surface area (TPSA) is 55.1 Å². The molecule has 0 spiro atoms. The van der Waals surface area contributed by atoms with Gasteiger partial charge in [0.25, 0.3) is 0 Å². The molecule has 1 heterocycles. The Hall–Kier alpha value is -1.84. The molecule has 2 aromatic rings. The first-order valence-electron chi connectivity index (χ1n) is 6.69. The molecule has 0 amide bonds. The summed E-state index contributed by atoms with van der Waals surface area (Å²) in [5.41, 5.74) is 2.03. The van der Waals surface area contributed by atoms with Crippen molar-refractivity contribution in [2.45, 2.75) is 39.7 Å². The standard InChI is InChI=1S/C15H20N2O2/c1-10(2)4-5-11(3)17-9-16-13-8-12(15(18)19)6-7-14(13)17/h6-11H,4-5H2,1-3H3,(H,18,19). The summed E-state index contributed by atoms with van der Waals surface area (Å²) in [6, 6.07) is 5.49. The van der Waals surface area contributed by atoms with Gasteiger partial charge in [0.1, 0.15) is 0 Å². The summed E-state index contributed by atoms with van der Waals surface area (Å²) in [5, 5.41) is 8.97. The molecule has 2 rings (SSSR count). The molecule has 1 aromatic heterocycles. The number of carboxylic acids is 1. The third kappa shape index (κ3) is 2.95. The van der Waals surface area contributed by atoms with Gasteiger partial charge in [-0.3, -0.25) is 0 Å². The van der Waals surface area contributed by atoms with Crippen LogP contribution >= 0.6 is 0 Å². The monoisotopic (exact) mass is 260 g/mol. The zero-order chi connectivity index (χ0) is 14.0. The van der Waals surface area contributed by atoms with Gasteiger partial charge in [0.2, 0.25) is 0 Å². The number of rotatable bonds is 5. The SMILES string of the molecule is CC(C)CCC(C)n1cnc2cc(C(=O)O)ccc21. The predicted molar refractivity (Wildman–Crippen MR) is 75.5 cm³/mol. The molecule has 0 saturated carbocycles. The van der Waals surface area contributed by atoms with Gasteiger partial charge >= 0.3 is 5.97 Å². The molecule has 1 N–H and O–H groups in total. The van der Waals surface area contributed by atoms with E-state index in [0.717, 1.165) is 17.5 Å². The first-order valence-corrected chi connectivity index (χ1v) is 6.69. The van der Waals surface area contributed by atoms with Crippen molar-refractivity contribution in [2.24, 2.45) is 5.92 Å². The lowest BCUT2D eigenvalue weighted by molar-refractivity contribution is 0.0697. The van der Waals surface area contributed by atoms with E-state index >= 15 is 0 Å². The van der Waals surface area contributed by atoms with Gasteiger partial charge in [-0.2, -0.15) is 0 Å². The molecule has 0 aliphatic rings. The molecule has 102 valence electrons. The van der Waals surface area contributed by atoms with Crippen LogP contribution in [-0.4, -0.2) is 20.6 Å². The number of carboxylic acid groups (broad SMARTS) is 1. The van der Waals surface area contributed by atoms with Crippen LogP contribution in [0.1, 0.15) is 50.0 Å². The highest BCUT2D eigenvalue weighted by atomic mass is 16.4. The van der Waals surface area contributed by atoms with Crippen LogP contribution in [0, 0.1) is 5.92 Å². The Labute approximate surface area is 113 Å². The number of imidazole rings is 1. The normalized spacial score (nSPS) is 13.1. The van der Waals surface area contributed by atoms with Crippen molar-refractivity contribution in [2.75, 3.05) is 0 Å². The van der Waals surface area contributed by atoms with Gasteiger partial charge in [-0.25, -0.2) is 9.78 Å². The van der Waals surface area contributed by atoms with Gasteiger partial charge in [-0.05, 0) is 43.9 Å². The second-order valence-electron chi connectivity index (χ2n) is 5.48. The molecule has 4 heteroatoms. The predicted octanol–water partition coefficient (Wildman–Crippen LogP) is 3.73. The Bertz CT molecular complexity index is 587. The number of aromatic nitrogens is 2. The zero-order valence-electron chi connectivity index (χ0n) is 11.6. The van der Waals surface area contributed by atoms with Crippen molar-refractivity contribution in [3.63, 3.8) is 0 Å². The van der Waals surface area contributed by atoms with Gasteiger partial charge in [0.05, 0.1) is 22.9 Å². The third-order valence-electron chi connectivity index (χ3n) is 3.46. The fraction of sp³-hybridized carbons (Fsp3) is 0.467. The van der Waals surface area contributed by atoms with E-state index in [-0.39, 0.29) is 5.56 Å². The van der Waals surface area contributed by atoms with E-state index < -0.39 is 5.97 Å². The number of hydrogen-bond donors (Lipinski definition) is 1. The van der Waals surface area contributed by atoms with Crippen LogP contribution in [0.2, 0.25) is 0 Å². The summed E-state index contributed by atoms with van der Waals surface area (Å²) < 4.78 is 2.13. The molecule has 4 nitrogen and oxygen atoms in total. The summed E-state index contributed by atoms with van der Waals surface area (Å²) in [6.07, 6.45) is 4.08. The number of hydrogen-bond acceptors (Lipinski definition) is 2. The fourth-order valence-electron chi connectivity index (χ4n) is 2.23. The maximum atomic E-state index is 10.9. The van der Waals surface area contributed by atoms with Gasteiger partial charge in [-0.15, -0.1) is 0 Å². The first-order chi connectivity index (χ1) is 8.99. The highest BCUT2D eigenvalue weighted by Crippen LogP contribution is 2.23. The summed E-state index contributed by atoms with van der Waals surface area (Å²) in [6.45, 7) is 6.62. The summed E-state index contributed by atoms with van der Waals surface area (Å²) in [7, 11) is 0. The van der Waals surface area contributed by atoms with Crippen LogP contribution in [0.15, 0.2) is 24.5 Å². The molecule has 0 radical (unpaired) electrons. The molecule has 0 aliphatic carbocycles. The van der Waals surface area contributed by atoms with Crippen molar-refractivity contribution in [1.29, 1.82) is 0 Å². The number of nitrogens with zero attached hydrogens (tertiary/aromatic N) is 2. The largest absolute Gasteiger partial charge is 0.478 e. The molecule has 1 aromatic carbocycles. The summed E-state index contributed by atoms with van der Waals surface area (Å²) in [4.78, 5) is 15.2. The van der Waals surface area contributed by atoms with Crippen LogP contribution in [0.25, 0.3) is 11.0 Å². The second kappa shape index (κ2) is 5.43. The maximum Gasteiger partial charge on any atom is 0.335 e. The van der Waals surface area contributed by atoms with Crippen LogP contribution in [-0.2, 0) is 0 Å². The molecule has 0 bridgehead atoms. The lowest BCUT2D eigenvalue weighted by Gasteiger charge is -2.15. The minimum atomic E-state index is -0.913. The second-order valence-corrected chi connectivity index (χ2v) is 5.48. The Kier molecular flexibility index (Phi) is 3.88. The molecule has 19 heavy (non-hydrogen) atoms. The van der Waals surface area contributed by atoms with E-state index in [2.05, 4.69) is 30.3 Å². The van der Waals surface area contributed by atoms with Crippen LogP contribution in [0.5, 0.6) is 0 Å². The average Bonchev–Trinajstić information content (AvgIpc) is 2.78. The van der Waals surface area contributed by atoms with E-state index in [0.29, 0.717) is 12.0 Å². The Balaban J connectivity index is 2.27. The molecule has 1 unspecified atom stereocenters. The zero-order valence-corrected chi connectivity index (χ0v) is 11.6. The van der Waals surface area contributed by atoms with Gasteiger partial charge in [-0.1, -0.05) is 13.8 Å². The molecule has 0 saturated heterocycles. The van der Waals surface area contributed by atoms with Crippen molar-refractivity contribution in [1.82, 2.24) is 9.55 Å².